The van der Waals surface area contributed by atoms with Gasteiger partial charge < -0.3 is 39.5 Å². The molecule has 7 fully saturated rings. The third kappa shape index (κ3) is 17.7. The van der Waals surface area contributed by atoms with E-state index in [1.54, 1.807) is 64.3 Å². The Morgan fingerprint density at radius 2 is 0.887 bits per heavy atom. The second-order valence-corrected chi connectivity index (χ2v) is 39.2. The number of carbonyl (C=O) groups is 1. The van der Waals surface area contributed by atoms with Gasteiger partial charge >= 0.3 is 0 Å². The lowest BCUT2D eigenvalue weighted by Gasteiger charge is -2.56. The summed E-state index contributed by atoms with van der Waals surface area (Å²) in [6, 6.07) is 37.0. The molecule has 115 heavy (non-hydrogen) atoms. The molecule has 0 unspecified atom stereocenters. The van der Waals surface area contributed by atoms with Crippen molar-refractivity contribution >= 4 is 177 Å². The lowest BCUT2D eigenvalue weighted by atomic mass is 9.73. The number of aromatic nitrogens is 10. The van der Waals surface area contributed by atoms with Gasteiger partial charge in [-0.05, 0) is 162 Å². The molecule has 0 radical (unpaired) electrons. The van der Waals surface area contributed by atoms with Crippen LogP contribution < -0.4 is 29.8 Å². The number of anilines is 7. The molecule has 1 amide bonds. The average molecular weight is 1700 g/mol. The molecule has 2 saturated carbocycles. The summed E-state index contributed by atoms with van der Waals surface area (Å²) in [5.41, 5.74) is 12.6. The standard InChI is InChI=1S/C18H18ClN3.C18H27N5O3S.C16H19ClN4O.C15H19ClN4O2S.C14H12ClN3O2S/c19-15-10-17-16(12-20-21-17)18(11-15)22-8-6-14(7-9-22)13-4-2-1-3-5-13;1-18(2)13-22(4-5-23(18)27(3,24)25)17-11-14(21-6-8-26-9-7-21)10-16-15(17)12-19-20-16;1-11(22)21-6-5-20(10-16(21)3-2-4-16)15-8-12(17)7-14-13(15)9-18-19-14;1-23(21,22)20-6-5-19(10-15(20)3-2-4-15)14-8-11(16)7-13-12(14)9-17-18-13;1-21(19,20)11-4-2-10(3-5-11)17-13-6-9(15)7-14-12(13)8-16-18-14/h1-5,10-12,14H,6-9H2,(H,20,21);10-12H,4-9,13H2,1-3H3,(H,19,20);7-9H,2-6,10H2,1H3,(H,18,19);7-9H,2-6,10H2,1H3,(H,17,18);2-8,17H,1H3,(H,16,18). The molecule has 6 N–H and O–H groups in total. The van der Waals surface area contributed by atoms with E-state index < -0.39 is 35.4 Å². The van der Waals surface area contributed by atoms with Gasteiger partial charge in [-0.2, -0.15) is 34.1 Å². The molecule has 10 heterocycles. The van der Waals surface area contributed by atoms with E-state index in [0.717, 1.165) is 185 Å². The fourth-order valence-electron chi connectivity index (χ4n) is 17.6. The topological polar surface area (TPSA) is 310 Å². The Kier molecular flexibility index (Phi) is 23.5. The number of amides is 1. The number of rotatable bonds is 11. The fraction of sp³-hybridized carbons (Fsp3) is 0.407. The van der Waals surface area contributed by atoms with Crippen LogP contribution in [0.2, 0.25) is 20.1 Å². The monoisotopic (exact) mass is 1700 g/mol. The first kappa shape index (κ1) is 81.2. The highest BCUT2D eigenvalue weighted by Gasteiger charge is 2.51. The first-order valence-electron chi connectivity index (χ1n) is 38.6. The molecular weight excluding hydrogens is 1610 g/mol. The van der Waals surface area contributed by atoms with Crippen molar-refractivity contribution in [2.75, 3.05) is 147 Å². The van der Waals surface area contributed by atoms with Crippen LogP contribution in [0, 0.1) is 0 Å². The molecule has 5 aromatic heterocycles. The smallest absolute Gasteiger partial charge is 0.220 e. The third-order valence-electron chi connectivity index (χ3n) is 23.4. The lowest BCUT2D eigenvalue weighted by molar-refractivity contribution is -0.140. The quantitative estimate of drug-likeness (QED) is 0.0701. The number of aromatic amines is 5. The number of nitrogens with one attached hydrogen (secondary N) is 6. The van der Waals surface area contributed by atoms with Gasteiger partial charge in [0, 0.05) is 185 Å². The summed E-state index contributed by atoms with van der Waals surface area (Å²) >= 11 is 24.8. The maximum Gasteiger partial charge on any atom is 0.220 e. The van der Waals surface area contributed by atoms with E-state index >= 15 is 0 Å². The van der Waals surface area contributed by atoms with E-state index in [1.807, 2.05) is 62.8 Å². The number of hydrogen-bond acceptors (Lipinski definition) is 19. The number of sulfone groups is 1. The van der Waals surface area contributed by atoms with Crippen LogP contribution in [0.15, 0.2) is 151 Å². The number of morpholine rings is 1. The van der Waals surface area contributed by atoms with Gasteiger partial charge in [0.2, 0.25) is 26.0 Å². The zero-order valence-electron chi connectivity index (χ0n) is 65.0. The van der Waals surface area contributed by atoms with E-state index in [-0.39, 0.29) is 21.9 Å². The minimum absolute atomic E-state index is 0.0163. The number of piperidine rings is 1. The molecule has 7 aromatic carbocycles. The Morgan fingerprint density at radius 1 is 0.461 bits per heavy atom. The predicted molar refractivity (Wildman–Crippen MR) is 461 cm³/mol. The Hall–Kier alpha value is -8.95. The molecule has 608 valence electrons. The number of fused-ring (bicyclic) bond motifs is 5. The molecule has 5 saturated heterocycles. The van der Waals surface area contributed by atoms with E-state index in [2.05, 4.69) is 134 Å². The van der Waals surface area contributed by atoms with Gasteiger partial charge in [0.1, 0.15) is 0 Å². The highest BCUT2D eigenvalue weighted by molar-refractivity contribution is 7.90. The van der Waals surface area contributed by atoms with Gasteiger partial charge in [-0.3, -0.25) is 30.3 Å². The highest BCUT2D eigenvalue weighted by Crippen LogP contribution is 2.46. The Bertz CT molecular complexity index is 5860. The third-order valence-corrected chi connectivity index (χ3v) is 28.3. The minimum atomic E-state index is -3.23. The molecule has 5 aliphatic heterocycles. The maximum atomic E-state index is 12.2. The van der Waals surface area contributed by atoms with Crippen molar-refractivity contribution in [2.24, 2.45) is 0 Å². The highest BCUT2D eigenvalue weighted by atomic mass is 35.5. The van der Waals surface area contributed by atoms with E-state index in [9.17, 15) is 30.0 Å². The molecule has 19 rings (SSSR count). The van der Waals surface area contributed by atoms with Crippen LogP contribution in [0.1, 0.15) is 83.6 Å². The van der Waals surface area contributed by atoms with Crippen LogP contribution >= 0.6 is 46.4 Å². The number of hydrogen-bond donors (Lipinski definition) is 6. The molecule has 0 bridgehead atoms. The van der Waals surface area contributed by atoms with Gasteiger partial charge in [-0.1, -0.05) is 76.7 Å². The van der Waals surface area contributed by atoms with Crippen LogP contribution in [0.25, 0.3) is 54.5 Å². The van der Waals surface area contributed by atoms with Crippen molar-refractivity contribution in [2.45, 2.75) is 99.6 Å². The van der Waals surface area contributed by atoms with Crippen LogP contribution in [-0.2, 0) is 39.4 Å². The fourth-order valence-corrected chi connectivity index (χ4v) is 21.8. The van der Waals surface area contributed by atoms with Gasteiger partial charge in [0.15, 0.2) is 9.84 Å². The van der Waals surface area contributed by atoms with Gasteiger partial charge in [-0.25, -0.2) is 25.3 Å². The van der Waals surface area contributed by atoms with Gasteiger partial charge in [-0.15, -0.1) is 0 Å². The maximum absolute atomic E-state index is 12.2. The van der Waals surface area contributed by atoms with Crippen molar-refractivity contribution in [1.82, 2.24) is 64.5 Å². The molecule has 34 heteroatoms. The van der Waals surface area contributed by atoms with Crippen LogP contribution in [0.5, 0.6) is 0 Å². The molecule has 7 aliphatic rings. The summed E-state index contributed by atoms with van der Waals surface area (Å²) in [7, 11) is -9.60. The van der Waals surface area contributed by atoms with Gasteiger partial charge in [0.05, 0.1) is 106 Å². The Morgan fingerprint density at radius 3 is 1.35 bits per heavy atom. The van der Waals surface area contributed by atoms with Crippen molar-refractivity contribution in [3.8, 4) is 0 Å². The van der Waals surface area contributed by atoms with E-state index in [4.69, 9.17) is 51.1 Å². The number of halogens is 4. The number of H-pyrrole nitrogens is 5. The largest absolute Gasteiger partial charge is 0.378 e. The first-order chi connectivity index (χ1) is 55.0. The number of nitrogens with zero attached hydrogens (tertiary/aromatic N) is 13. The SMILES string of the molecule is CC(=O)N1CCN(c2cc(Cl)cc3[nH]ncc23)CC12CCC2.CC1(C)CN(c2cc(N3CCOCC3)cc3[nH]ncc23)CCN1S(C)(=O)=O.CS(=O)(=O)N1CCN(c2cc(Cl)cc3[nH]ncc23)CC12CCC2.CS(=O)(=O)c1ccc(Nc2cc(Cl)cc3[nH]ncc23)cc1.Clc1cc(N2CCC(c3ccccc3)CC2)c2cn[nH]c2c1. The van der Waals surface area contributed by atoms with E-state index in [0.29, 0.717) is 60.3 Å². The zero-order valence-corrected chi connectivity index (χ0v) is 70.5. The minimum Gasteiger partial charge on any atom is -0.378 e. The van der Waals surface area contributed by atoms with Crippen LogP contribution in [0.4, 0.5) is 39.8 Å². The first-order valence-corrected chi connectivity index (χ1v) is 45.7. The Labute approximate surface area is 689 Å². The van der Waals surface area contributed by atoms with Crippen molar-refractivity contribution in [1.29, 1.82) is 0 Å². The number of carbonyl (C=O) groups excluding carboxylic acids is 1. The molecule has 0 atom stereocenters. The number of piperazine rings is 3. The second-order valence-electron chi connectivity index (χ2n) is 31.6. The van der Waals surface area contributed by atoms with Crippen molar-refractivity contribution in [3.05, 3.63) is 172 Å². The Balaban J connectivity index is 0.000000113. The summed E-state index contributed by atoms with van der Waals surface area (Å²) in [5, 5.41) is 46.7. The van der Waals surface area contributed by atoms with Crippen LogP contribution in [0.3, 0.4) is 0 Å². The van der Waals surface area contributed by atoms with Gasteiger partial charge in [0.25, 0.3) is 0 Å². The summed E-state index contributed by atoms with van der Waals surface area (Å²) < 4.78 is 80.2. The molecular formula is C81H95Cl4N19O8S3. The summed E-state index contributed by atoms with van der Waals surface area (Å²) in [4.78, 5) is 26.0. The second kappa shape index (κ2) is 33.2. The number of ether oxygens (including phenoxy) is 1. The summed E-state index contributed by atoms with van der Waals surface area (Å²) in [5.74, 6) is 0.857. The normalized spacial score (nSPS) is 18.6. The molecule has 2 spiro atoms. The number of benzene rings is 7. The van der Waals surface area contributed by atoms with Crippen molar-refractivity contribution < 1.29 is 34.8 Å². The predicted octanol–water partition coefficient (Wildman–Crippen LogP) is 14.3. The molecule has 2 aliphatic carbocycles. The lowest BCUT2D eigenvalue weighted by Crippen LogP contribution is -2.66. The summed E-state index contributed by atoms with van der Waals surface area (Å²) in [6.45, 7) is 17.1. The van der Waals surface area contributed by atoms with Crippen molar-refractivity contribution in [3.63, 3.8) is 0 Å². The molecule has 27 nitrogen and oxygen atoms in total. The molecule has 12 aromatic rings. The van der Waals surface area contributed by atoms with Crippen LogP contribution in [-0.4, -0.2) is 229 Å². The number of sulfonamides is 2. The van der Waals surface area contributed by atoms with E-state index in [1.165, 1.54) is 49.3 Å². The average Bonchev–Trinajstić information content (AvgIpc) is 1.30. The summed E-state index contributed by atoms with van der Waals surface area (Å²) in [6.07, 6.45) is 21.6. The zero-order chi connectivity index (χ0) is 80.8.